The molecule has 0 radical (unpaired) electrons. The van der Waals surface area contributed by atoms with Gasteiger partial charge >= 0.3 is 5.97 Å². The van der Waals surface area contributed by atoms with E-state index < -0.39 is 22.1 Å². The Morgan fingerprint density at radius 3 is 2.79 bits per heavy atom. The topological polar surface area (TPSA) is 77.9 Å². The predicted molar refractivity (Wildman–Crippen MR) is 72.9 cm³/mol. The molecular weight excluding hydrogens is 268 g/mol. The highest BCUT2D eigenvalue weighted by atomic mass is 32.2. The van der Waals surface area contributed by atoms with E-state index in [0.717, 1.165) is 0 Å². The summed E-state index contributed by atoms with van der Waals surface area (Å²) in [6.45, 7) is 6.60. The summed E-state index contributed by atoms with van der Waals surface area (Å²) in [7, 11) is -3.58. The summed E-state index contributed by atoms with van der Waals surface area (Å²) < 4.78 is 27.5. The van der Waals surface area contributed by atoms with Crippen molar-refractivity contribution in [3.05, 3.63) is 12.7 Å². The van der Waals surface area contributed by atoms with E-state index >= 15 is 0 Å². The largest absolute Gasteiger partial charge is 0.481 e. The van der Waals surface area contributed by atoms with Crippen LogP contribution in [0.4, 0.5) is 0 Å². The Hall–Kier alpha value is -0.920. The van der Waals surface area contributed by atoms with E-state index in [1.165, 1.54) is 8.61 Å². The number of aliphatic carboxylic acids is 1. The fourth-order valence-corrected chi connectivity index (χ4v) is 3.97. The molecule has 1 atom stereocenters. The van der Waals surface area contributed by atoms with Gasteiger partial charge in [-0.2, -0.15) is 17.0 Å². The number of nitrogens with zero attached hydrogens (tertiary/aromatic N) is 2. The maximum absolute atomic E-state index is 12.4. The van der Waals surface area contributed by atoms with Crippen molar-refractivity contribution in [1.29, 1.82) is 0 Å². The summed E-state index contributed by atoms with van der Waals surface area (Å²) >= 11 is 0. The van der Waals surface area contributed by atoms with Crippen molar-refractivity contribution in [1.82, 2.24) is 8.61 Å². The highest BCUT2D eigenvalue weighted by Crippen LogP contribution is 2.21. The molecule has 1 aliphatic heterocycles. The smallest absolute Gasteiger partial charge is 0.307 e. The molecule has 1 fully saturated rings. The van der Waals surface area contributed by atoms with Gasteiger partial charge in [0.15, 0.2) is 0 Å². The summed E-state index contributed by atoms with van der Waals surface area (Å²) in [5, 5.41) is 9.02. The maximum atomic E-state index is 12.4. The number of rotatable bonds is 7. The summed E-state index contributed by atoms with van der Waals surface area (Å²) in [5.74, 6) is -1.53. The van der Waals surface area contributed by atoms with Gasteiger partial charge in [-0.3, -0.25) is 4.79 Å². The first-order chi connectivity index (χ1) is 8.93. The van der Waals surface area contributed by atoms with Gasteiger partial charge in [-0.05, 0) is 19.3 Å². The third kappa shape index (κ3) is 4.02. The Balaban J connectivity index is 2.84. The van der Waals surface area contributed by atoms with Crippen LogP contribution >= 0.6 is 0 Å². The van der Waals surface area contributed by atoms with Gasteiger partial charge in [0.1, 0.15) is 0 Å². The molecule has 7 heteroatoms. The van der Waals surface area contributed by atoms with Crippen LogP contribution in [-0.4, -0.2) is 54.3 Å². The standard InChI is InChI=1S/C12H22N2O4S/c1-3-7-13(8-4-2)19(17,18)14-9-5-6-11(10-14)12(15)16/h3,11H,1,4-10H2,2H3,(H,15,16). The molecule has 1 saturated heterocycles. The number of carboxylic acid groups (broad SMARTS) is 1. The molecule has 0 aromatic heterocycles. The summed E-state index contributed by atoms with van der Waals surface area (Å²) in [6, 6.07) is 0. The first-order valence-electron chi connectivity index (χ1n) is 6.52. The quantitative estimate of drug-likeness (QED) is 0.707. The number of hydrogen-bond acceptors (Lipinski definition) is 3. The summed E-state index contributed by atoms with van der Waals surface area (Å²) in [5.41, 5.74) is 0. The van der Waals surface area contributed by atoms with Crippen LogP contribution in [0.3, 0.4) is 0 Å². The van der Waals surface area contributed by atoms with Crippen molar-refractivity contribution in [2.24, 2.45) is 5.92 Å². The van der Waals surface area contributed by atoms with Crippen molar-refractivity contribution in [2.75, 3.05) is 26.2 Å². The van der Waals surface area contributed by atoms with Crippen LogP contribution in [0.15, 0.2) is 12.7 Å². The zero-order valence-corrected chi connectivity index (χ0v) is 12.1. The third-order valence-electron chi connectivity index (χ3n) is 3.19. The number of hydrogen-bond donors (Lipinski definition) is 1. The van der Waals surface area contributed by atoms with E-state index in [0.29, 0.717) is 32.4 Å². The van der Waals surface area contributed by atoms with Gasteiger partial charge in [0, 0.05) is 26.2 Å². The van der Waals surface area contributed by atoms with Crippen molar-refractivity contribution in [2.45, 2.75) is 26.2 Å². The minimum atomic E-state index is -3.58. The van der Waals surface area contributed by atoms with Crippen LogP contribution in [0, 0.1) is 5.92 Å². The van der Waals surface area contributed by atoms with Crippen LogP contribution in [0.1, 0.15) is 26.2 Å². The lowest BCUT2D eigenvalue weighted by atomic mass is 10.0. The zero-order valence-electron chi connectivity index (χ0n) is 11.3. The Labute approximate surface area is 114 Å². The van der Waals surface area contributed by atoms with Gasteiger partial charge in [0.25, 0.3) is 10.2 Å². The molecule has 6 nitrogen and oxygen atoms in total. The zero-order chi connectivity index (χ0) is 14.5. The predicted octanol–water partition coefficient (Wildman–Crippen LogP) is 0.926. The van der Waals surface area contributed by atoms with Crippen LogP contribution in [-0.2, 0) is 15.0 Å². The van der Waals surface area contributed by atoms with Gasteiger partial charge in [0.2, 0.25) is 0 Å². The molecule has 0 aromatic rings. The lowest BCUT2D eigenvalue weighted by molar-refractivity contribution is -0.142. The van der Waals surface area contributed by atoms with Gasteiger partial charge in [0.05, 0.1) is 5.92 Å². The van der Waals surface area contributed by atoms with Gasteiger partial charge < -0.3 is 5.11 Å². The van der Waals surface area contributed by atoms with Crippen molar-refractivity contribution >= 4 is 16.2 Å². The van der Waals surface area contributed by atoms with Gasteiger partial charge in [-0.1, -0.05) is 13.0 Å². The fourth-order valence-electron chi connectivity index (χ4n) is 2.21. The Bertz CT molecular complexity index is 421. The SMILES string of the molecule is C=CCN(CCC)S(=O)(=O)N1CCCC(C(=O)O)C1. The lowest BCUT2D eigenvalue weighted by Gasteiger charge is -2.33. The first-order valence-corrected chi connectivity index (χ1v) is 7.92. The normalized spacial score (nSPS) is 21.5. The highest BCUT2D eigenvalue weighted by Gasteiger charge is 2.35. The molecule has 0 amide bonds. The molecule has 1 heterocycles. The van der Waals surface area contributed by atoms with E-state index in [1.54, 1.807) is 6.08 Å². The molecule has 1 unspecified atom stereocenters. The second kappa shape index (κ2) is 7.02. The van der Waals surface area contributed by atoms with Gasteiger partial charge in [-0.15, -0.1) is 6.58 Å². The summed E-state index contributed by atoms with van der Waals surface area (Å²) in [4.78, 5) is 11.0. The van der Waals surface area contributed by atoms with E-state index in [1.807, 2.05) is 6.92 Å². The monoisotopic (exact) mass is 290 g/mol. The van der Waals surface area contributed by atoms with Crippen molar-refractivity contribution < 1.29 is 18.3 Å². The highest BCUT2D eigenvalue weighted by molar-refractivity contribution is 7.86. The molecule has 0 spiro atoms. The van der Waals surface area contributed by atoms with Crippen LogP contribution < -0.4 is 0 Å². The minimum absolute atomic E-state index is 0.0645. The molecule has 19 heavy (non-hydrogen) atoms. The van der Waals surface area contributed by atoms with Crippen LogP contribution in [0.5, 0.6) is 0 Å². The minimum Gasteiger partial charge on any atom is -0.481 e. The maximum Gasteiger partial charge on any atom is 0.307 e. The number of carbonyl (C=O) groups is 1. The Kier molecular flexibility index (Phi) is 5.96. The molecule has 0 aliphatic carbocycles. The van der Waals surface area contributed by atoms with E-state index in [4.69, 9.17) is 5.11 Å². The Morgan fingerprint density at radius 1 is 1.58 bits per heavy atom. The van der Waals surface area contributed by atoms with Gasteiger partial charge in [-0.25, -0.2) is 0 Å². The number of piperidine rings is 1. The molecule has 0 bridgehead atoms. The average Bonchev–Trinajstić information content (AvgIpc) is 2.38. The second-order valence-electron chi connectivity index (χ2n) is 4.69. The van der Waals surface area contributed by atoms with Crippen LogP contribution in [0.25, 0.3) is 0 Å². The number of carboxylic acids is 1. The van der Waals surface area contributed by atoms with Crippen molar-refractivity contribution in [3.63, 3.8) is 0 Å². The molecule has 110 valence electrons. The second-order valence-corrected chi connectivity index (χ2v) is 6.62. The molecule has 1 aliphatic rings. The summed E-state index contributed by atoms with van der Waals surface area (Å²) in [6.07, 6.45) is 3.38. The molecule has 1 N–H and O–H groups in total. The van der Waals surface area contributed by atoms with E-state index in [9.17, 15) is 13.2 Å². The van der Waals surface area contributed by atoms with E-state index in [-0.39, 0.29) is 13.1 Å². The molecule has 0 aromatic carbocycles. The molecular formula is C12H22N2O4S. The first kappa shape index (κ1) is 16.1. The lowest BCUT2D eigenvalue weighted by Crippen LogP contribution is -2.49. The van der Waals surface area contributed by atoms with Crippen molar-refractivity contribution in [3.8, 4) is 0 Å². The molecule has 0 saturated carbocycles. The average molecular weight is 290 g/mol. The molecule has 1 rings (SSSR count). The Morgan fingerprint density at radius 2 is 2.26 bits per heavy atom. The fraction of sp³-hybridized carbons (Fsp3) is 0.750. The van der Waals surface area contributed by atoms with Crippen LogP contribution in [0.2, 0.25) is 0 Å². The third-order valence-corrected chi connectivity index (χ3v) is 5.16. The van der Waals surface area contributed by atoms with E-state index in [2.05, 4.69) is 6.58 Å².